The smallest absolute Gasteiger partial charge is 0.231 e. The zero-order chi connectivity index (χ0) is 15.6. The molecule has 0 bridgehead atoms. The molecular weight excluding hydrogens is 294 g/mol. The summed E-state index contributed by atoms with van der Waals surface area (Å²) in [5.41, 5.74) is 2.35. The highest BCUT2D eigenvalue weighted by Crippen LogP contribution is 2.26. The lowest BCUT2D eigenvalue weighted by molar-refractivity contribution is -0.120. The van der Waals surface area contributed by atoms with Gasteiger partial charge in [0.1, 0.15) is 5.75 Å². The van der Waals surface area contributed by atoms with Crippen molar-refractivity contribution in [1.29, 1.82) is 0 Å². The number of aromatic nitrogens is 2. The molecule has 1 saturated carbocycles. The number of carbonyl (C=O) groups is 1. The van der Waals surface area contributed by atoms with E-state index in [1.807, 2.05) is 12.1 Å². The van der Waals surface area contributed by atoms with Gasteiger partial charge in [-0.3, -0.25) is 4.79 Å². The zero-order valence-electron chi connectivity index (χ0n) is 12.9. The van der Waals surface area contributed by atoms with Crippen LogP contribution in [-0.2, 0) is 24.1 Å². The Morgan fingerprint density at radius 2 is 2.26 bits per heavy atom. The Morgan fingerprint density at radius 3 is 3.13 bits per heavy atom. The molecule has 6 nitrogen and oxygen atoms in total. The van der Waals surface area contributed by atoms with Gasteiger partial charge in [-0.15, -0.1) is 0 Å². The molecule has 1 aromatic carbocycles. The highest BCUT2D eigenvalue weighted by molar-refractivity contribution is 5.78. The van der Waals surface area contributed by atoms with Gasteiger partial charge in [0.25, 0.3) is 0 Å². The summed E-state index contributed by atoms with van der Waals surface area (Å²) >= 11 is 0. The summed E-state index contributed by atoms with van der Waals surface area (Å²) in [7, 11) is 0. The van der Waals surface area contributed by atoms with E-state index in [0.717, 1.165) is 43.6 Å². The molecular formula is C17H19N3O3. The molecule has 0 saturated heterocycles. The number of amides is 1. The summed E-state index contributed by atoms with van der Waals surface area (Å²) in [5.74, 6) is 1.92. The van der Waals surface area contributed by atoms with E-state index in [0.29, 0.717) is 24.2 Å². The van der Waals surface area contributed by atoms with Crippen molar-refractivity contribution in [2.24, 2.45) is 0 Å². The van der Waals surface area contributed by atoms with E-state index in [9.17, 15) is 4.79 Å². The molecule has 2 heterocycles. The van der Waals surface area contributed by atoms with Crippen molar-refractivity contribution in [2.45, 2.75) is 44.6 Å². The Bertz CT molecular complexity index is 722. The van der Waals surface area contributed by atoms with Gasteiger partial charge < -0.3 is 14.6 Å². The number of aryl methyl sites for hydroxylation is 1. The van der Waals surface area contributed by atoms with Crippen molar-refractivity contribution >= 4 is 5.91 Å². The van der Waals surface area contributed by atoms with Gasteiger partial charge in [-0.05, 0) is 42.9 Å². The van der Waals surface area contributed by atoms with Crippen molar-refractivity contribution in [3.63, 3.8) is 0 Å². The molecule has 0 atom stereocenters. The standard InChI is InChI=1S/C17H19N3O3/c21-16(18-13-4-5-13)10-15-19-17(23-20-15)9-11-3-6-14-12(8-11)2-1-7-22-14/h3,6,8,13H,1-2,4-5,7,9-10H2,(H,18,21). The number of fused-ring (bicyclic) bond motifs is 1. The Hall–Kier alpha value is -2.37. The van der Waals surface area contributed by atoms with Crippen molar-refractivity contribution < 1.29 is 14.1 Å². The SMILES string of the molecule is O=C(Cc1noc(Cc2ccc3c(c2)CCCO3)n1)NC1CC1. The van der Waals surface area contributed by atoms with Gasteiger partial charge in [0.2, 0.25) is 11.8 Å². The first-order valence-corrected chi connectivity index (χ1v) is 8.12. The van der Waals surface area contributed by atoms with E-state index in [1.165, 1.54) is 5.56 Å². The fraction of sp³-hybridized carbons (Fsp3) is 0.471. The first kappa shape index (κ1) is 14.2. The van der Waals surface area contributed by atoms with Crippen LogP contribution < -0.4 is 10.1 Å². The maximum atomic E-state index is 11.7. The molecule has 1 aromatic heterocycles. The molecule has 23 heavy (non-hydrogen) atoms. The second-order valence-electron chi connectivity index (χ2n) is 6.19. The van der Waals surface area contributed by atoms with Gasteiger partial charge >= 0.3 is 0 Å². The summed E-state index contributed by atoms with van der Waals surface area (Å²) in [5, 5.41) is 6.82. The lowest BCUT2D eigenvalue weighted by atomic mass is 10.0. The molecule has 4 rings (SSSR count). The van der Waals surface area contributed by atoms with Crippen molar-refractivity contribution in [3.05, 3.63) is 41.0 Å². The van der Waals surface area contributed by atoms with E-state index in [1.54, 1.807) is 0 Å². The summed E-state index contributed by atoms with van der Waals surface area (Å²) in [6.45, 7) is 0.794. The van der Waals surface area contributed by atoms with Gasteiger partial charge in [0.15, 0.2) is 5.82 Å². The van der Waals surface area contributed by atoms with Gasteiger partial charge in [-0.25, -0.2) is 0 Å². The molecule has 0 spiro atoms. The van der Waals surface area contributed by atoms with E-state index >= 15 is 0 Å². The van der Waals surface area contributed by atoms with E-state index in [2.05, 4.69) is 21.5 Å². The van der Waals surface area contributed by atoms with Crippen LogP contribution in [0.25, 0.3) is 0 Å². The quantitative estimate of drug-likeness (QED) is 0.911. The normalized spacial score (nSPS) is 16.5. The number of nitrogens with zero attached hydrogens (tertiary/aromatic N) is 2. The van der Waals surface area contributed by atoms with Crippen LogP contribution in [0.2, 0.25) is 0 Å². The maximum Gasteiger partial charge on any atom is 0.231 e. The molecule has 120 valence electrons. The van der Waals surface area contributed by atoms with Gasteiger partial charge in [-0.2, -0.15) is 4.98 Å². The molecule has 0 radical (unpaired) electrons. The number of hydrogen-bond acceptors (Lipinski definition) is 5. The minimum atomic E-state index is -0.0363. The van der Waals surface area contributed by atoms with Crippen LogP contribution in [0, 0.1) is 0 Å². The van der Waals surface area contributed by atoms with E-state index in [4.69, 9.17) is 9.26 Å². The molecule has 2 aromatic rings. The fourth-order valence-electron chi connectivity index (χ4n) is 2.78. The average molecular weight is 313 g/mol. The summed E-state index contributed by atoms with van der Waals surface area (Å²) in [6.07, 6.45) is 5.00. The second kappa shape index (κ2) is 6.02. The minimum absolute atomic E-state index is 0.0363. The first-order valence-electron chi connectivity index (χ1n) is 8.12. The number of carbonyl (C=O) groups excluding carboxylic acids is 1. The number of nitrogens with one attached hydrogen (secondary N) is 1. The minimum Gasteiger partial charge on any atom is -0.493 e. The summed E-state index contributed by atoms with van der Waals surface area (Å²) in [4.78, 5) is 16.1. The van der Waals surface area contributed by atoms with Gasteiger partial charge in [0, 0.05) is 6.04 Å². The van der Waals surface area contributed by atoms with Crippen LogP contribution in [-0.4, -0.2) is 28.7 Å². The predicted molar refractivity (Wildman–Crippen MR) is 82.2 cm³/mol. The third-order valence-electron chi connectivity index (χ3n) is 4.10. The molecule has 1 amide bonds. The molecule has 0 unspecified atom stereocenters. The lowest BCUT2D eigenvalue weighted by Crippen LogP contribution is -2.27. The number of hydrogen-bond donors (Lipinski definition) is 1. The third-order valence-corrected chi connectivity index (χ3v) is 4.10. The lowest BCUT2D eigenvalue weighted by Gasteiger charge is -2.17. The molecule has 6 heteroatoms. The monoisotopic (exact) mass is 313 g/mol. The van der Waals surface area contributed by atoms with Crippen LogP contribution in [0.3, 0.4) is 0 Å². The average Bonchev–Trinajstić information content (AvgIpc) is 3.26. The van der Waals surface area contributed by atoms with Crippen molar-refractivity contribution in [1.82, 2.24) is 15.5 Å². The number of rotatable bonds is 5. The third kappa shape index (κ3) is 3.52. The Kier molecular flexibility index (Phi) is 3.73. The number of benzene rings is 1. The van der Waals surface area contributed by atoms with Crippen LogP contribution in [0.5, 0.6) is 5.75 Å². The maximum absolute atomic E-state index is 11.7. The molecule has 1 N–H and O–H groups in total. The predicted octanol–water partition coefficient (Wildman–Crippen LogP) is 1.81. The Morgan fingerprint density at radius 1 is 1.35 bits per heavy atom. The molecule has 1 fully saturated rings. The van der Waals surface area contributed by atoms with E-state index in [-0.39, 0.29) is 12.3 Å². The molecule has 1 aliphatic carbocycles. The summed E-state index contributed by atoms with van der Waals surface area (Å²) < 4.78 is 10.9. The second-order valence-corrected chi connectivity index (χ2v) is 6.19. The Labute approximate surface area is 134 Å². The van der Waals surface area contributed by atoms with Crippen molar-refractivity contribution in [3.8, 4) is 5.75 Å². The molecule has 1 aliphatic heterocycles. The highest BCUT2D eigenvalue weighted by Gasteiger charge is 2.24. The van der Waals surface area contributed by atoms with Crippen LogP contribution >= 0.6 is 0 Å². The fourth-order valence-corrected chi connectivity index (χ4v) is 2.78. The van der Waals surface area contributed by atoms with Crippen LogP contribution in [0.15, 0.2) is 22.7 Å². The van der Waals surface area contributed by atoms with E-state index < -0.39 is 0 Å². The highest BCUT2D eigenvalue weighted by atomic mass is 16.5. The van der Waals surface area contributed by atoms with Crippen molar-refractivity contribution in [2.75, 3.05) is 6.61 Å². The topological polar surface area (TPSA) is 77.2 Å². The Balaban J connectivity index is 1.39. The zero-order valence-corrected chi connectivity index (χ0v) is 12.9. The van der Waals surface area contributed by atoms with Crippen LogP contribution in [0.4, 0.5) is 0 Å². The van der Waals surface area contributed by atoms with Gasteiger partial charge in [0.05, 0.1) is 19.4 Å². The first-order chi connectivity index (χ1) is 11.3. The largest absolute Gasteiger partial charge is 0.493 e. The number of ether oxygens (including phenoxy) is 1. The molecule has 2 aliphatic rings. The van der Waals surface area contributed by atoms with Gasteiger partial charge in [-0.1, -0.05) is 17.3 Å². The van der Waals surface area contributed by atoms with Crippen LogP contribution in [0.1, 0.15) is 42.1 Å². The summed E-state index contributed by atoms with van der Waals surface area (Å²) in [6, 6.07) is 6.52.